The Morgan fingerprint density at radius 2 is 1.87 bits per heavy atom. The van der Waals surface area contributed by atoms with Gasteiger partial charge in [-0.05, 0) is 88.2 Å². The molecule has 4 atom stereocenters. The summed E-state index contributed by atoms with van der Waals surface area (Å²) in [6.45, 7) is 4.12. The molecule has 3 aliphatic rings. The highest BCUT2D eigenvalue weighted by atomic mass is 16.4. The highest BCUT2D eigenvalue weighted by Gasteiger charge is 2.34. The van der Waals surface area contributed by atoms with Crippen LogP contribution in [0.3, 0.4) is 0 Å². The van der Waals surface area contributed by atoms with E-state index in [1.807, 2.05) is 17.9 Å². The van der Waals surface area contributed by atoms with E-state index in [0.29, 0.717) is 11.8 Å². The molecular weight excluding hydrogens is 590 g/mol. The first-order valence-corrected chi connectivity index (χ1v) is 17.8. The van der Waals surface area contributed by atoms with Crippen molar-refractivity contribution >= 4 is 17.7 Å². The summed E-state index contributed by atoms with van der Waals surface area (Å²) in [4.78, 5) is 26.9. The Morgan fingerprint density at radius 1 is 1.09 bits per heavy atom. The Labute approximate surface area is 279 Å². The number of hydrogen-bond donors (Lipinski definition) is 3. The number of aliphatic carboxylic acids is 1. The van der Waals surface area contributed by atoms with E-state index in [1.165, 1.54) is 11.1 Å². The summed E-state index contributed by atoms with van der Waals surface area (Å²) in [5, 5.41) is 28.3. The third-order valence-corrected chi connectivity index (χ3v) is 11.2. The Hall–Kier alpha value is -3.50. The van der Waals surface area contributed by atoms with Gasteiger partial charge < -0.3 is 20.4 Å². The van der Waals surface area contributed by atoms with Gasteiger partial charge in [-0.2, -0.15) is 10.1 Å². The topological polar surface area (TPSA) is 120 Å². The van der Waals surface area contributed by atoms with Crippen molar-refractivity contribution in [2.45, 2.75) is 102 Å². The predicted molar refractivity (Wildman–Crippen MR) is 185 cm³/mol. The maximum Gasteiger partial charge on any atom is 0.306 e. The second-order valence-electron chi connectivity index (χ2n) is 14.2. The standard InChI is InChI=1S/C37H53N7O3/c1-4-34(26-13-15-27(16-14-26)36(46)47)43(3)37-40-32-18-17-28(25-10-6-5-7-11-25)20-31(32)35(41-37)39-33(29-21-38-42(2)22-29)23-44-19-9-8-12-30(44)24-45/h5-7,10-11,21-22,26-28,30,33-34,45H,4,8-9,12-20,23-24H2,1-3H3,(H,46,47)(H,39,40,41)/t26?,27?,28-,30-,33+,34-/m1/s1. The van der Waals surface area contributed by atoms with Gasteiger partial charge in [-0.25, -0.2) is 4.98 Å². The summed E-state index contributed by atoms with van der Waals surface area (Å²) in [7, 11) is 4.08. The fraction of sp³-hybridized carbons (Fsp3) is 0.622. The van der Waals surface area contributed by atoms with E-state index >= 15 is 0 Å². The summed E-state index contributed by atoms with van der Waals surface area (Å²) in [6, 6.07) is 11.2. The largest absolute Gasteiger partial charge is 0.481 e. The van der Waals surface area contributed by atoms with Crippen LogP contribution in [0.4, 0.5) is 11.8 Å². The lowest BCUT2D eigenvalue weighted by Gasteiger charge is -2.39. The summed E-state index contributed by atoms with van der Waals surface area (Å²) >= 11 is 0. The van der Waals surface area contributed by atoms with Crippen molar-refractivity contribution in [1.82, 2.24) is 24.6 Å². The van der Waals surface area contributed by atoms with Crippen LogP contribution in [0.1, 0.15) is 99.1 Å². The van der Waals surface area contributed by atoms with Gasteiger partial charge in [0.25, 0.3) is 0 Å². The maximum atomic E-state index is 11.6. The molecule has 0 bridgehead atoms. The molecule has 1 aromatic carbocycles. The number of likely N-dealkylation sites (tertiary alicyclic amines) is 1. The molecular formula is C37H53N7O3. The number of anilines is 2. The fourth-order valence-electron chi connectivity index (χ4n) is 8.47. The van der Waals surface area contributed by atoms with Gasteiger partial charge in [-0.3, -0.25) is 14.4 Å². The van der Waals surface area contributed by atoms with E-state index in [9.17, 15) is 15.0 Å². The van der Waals surface area contributed by atoms with Crippen LogP contribution >= 0.6 is 0 Å². The van der Waals surface area contributed by atoms with Crippen LogP contribution in [0, 0.1) is 11.8 Å². The van der Waals surface area contributed by atoms with Crippen LogP contribution in [-0.4, -0.2) is 79.7 Å². The number of hydrogen-bond acceptors (Lipinski definition) is 8. The molecule has 3 heterocycles. The molecule has 47 heavy (non-hydrogen) atoms. The number of rotatable bonds is 12. The zero-order chi connectivity index (χ0) is 32.9. The van der Waals surface area contributed by atoms with Crippen molar-refractivity contribution in [3.63, 3.8) is 0 Å². The Bertz CT molecular complexity index is 1470. The van der Waals surface area contributed by atoms with E-state index in [1.54, 1.807) is 0 Å². The molecule has 6 rings (SSSR count). The fourth-order valence-corrected chi connectivity index (χ4v) is 8.47. The molecule has 10 nitrogen and oxygen atoms in total. The lowest BCUT2D eigenvalue weighted by molar-refractivity contribution is -0.143. The van der Waals surface area contributed by atoms with Crippen LogP contribution < -0.4 is 10.2 Å². The van der Waals surface area contributed by atoms with Gasteiger partial charge in [0.15, 0.2) is 0 Å². The molecule has 10 heteroatoms. The second-order valence-corrected chi connectivity index (χ2v) is 14.2. The van der Waals surface area contributed by atoms with Gasteiger partial charge in [0.2, 0.25) is 5.95 Å². The van der Waals surface area contributed by atoms with E-state index in [4.69, 9.17) is 9.97 Å². The molecule has 3 aromatic rings. The number of carbonyl (C=O) groups is 1. The SMILES string of the molecule is CC[C@H](C1CCC(C(=O)O)CC1)N(C)c1nc2c(c(N[C@@H](CN3CCCC[C@@H]3CO)c3cnn(C)c3)n1)C[C@H](c1ccccc1)CC2. The zero-order valence-corrected chi connectivity index (χ0v) is 28.4. The van der Waals surface area contributed by atoms with Crippen molar-refractivity contribution in [2.75, 3.05) is 37.0 Å². The second kappa shape index (κ2) is 15.2. The average molecular weight is 644 g/mol. The number of carboxylic acid groups (broad SMARTS) is 1. The molecule has 2 aliphatic carbocycles. The van der Waals surface area contributed by atoms with Crippen molar-refractivity contribution in [3.8, 4) is 0 Å². The van der Waals surface area contributed by atoms with Crippen LogP contribution in [0.5, 0.6) is 0 Å². The first kappa shape index (κ1) is 33.4. The third kappa shape index (κ3) is 7.64. The molecule has 1 saturated carbocycles. The lowest BCUT2D eigenvalue weighted by atomic mass is 9.77. The zero-order valence-electron chi connectivity index (χ0n) is 28.4. The molecule has 0 radical (unpaired) electrons. The minimum atomic E-state index is -0.662. The highest BCUT2D eigenvalue weighted by Crippen LogP contribution is 2.39. The van der Waals surface area contributed by atoms with Gasteiger partial charge in [-0.1, -0.05) is 43.7 Å². The number of aliphatic hydroxyl groups is 1. The number of nitrogens with one attached hydrogen (secondary N) is 1. The first-order valence-electron chi connectivity index (χ1n) is 17.8. The van der Waals surface area contributed by atoms with Crippen LogP contribution in [0.25, 0.3) is 0 Å². The first-order chi connectivity index (χ1) is 22.8. The average Bonchev–Trinajstić information content (AvgIpc) is 3.54. The quantitative estimate of drug-likeness (QED) is 0.232. The number of piperidine rings is 1. The predicted octanol–water partition coefficient (Wildman–Crippen LogP) is 5.59. The highest BCUT2D eigenvalue weighted by molar-refractivity contribution is 5.70. The lowest BCUT2D eigenvalue weighted by Crippen LogP contribution is -2.45. The molecule has 0 spiro atoms. The molecule has 2 aromatic heterocycles. The molecule has 254 valence electrons. The number of benzene rings is 1. The minimum absolute atomic E-state index is 0.0571. The van der Waals surface area contributed by atoms with Crippen molar-refractivity contribution in [2.24, 2.45) is 18.9 Å². The Kier molecular flexibility index (Phi) is 10.8. The van der Waals surface area contributed by atoms with Crippen molar-refractivity contribution in [3.05, 3.63) is 65.1 Å². The molecule has 1 saturated heterocycles. The molecule has 2 fully saturated rings. The van der Waals surface area contributed by atoms with Gasteiger partial charge in [-0.15, -0.1) is 0 Å². The minimum Gasteiger partial charge on any atom is -0.481 e. The van der Waals surface area contributed by atoms with E-state index < -0.39 is 5.97 Å². The number of nitrogens with zero attached hydrogens (tertiary/aromatic N) is 6. The van der Waals surface area contributed by atoms with Gasteiger partial charge >= 0.3 is 5.97 Å². The Morgan fingerprint density at radius 3 is 2.55 bits per heavy atom. The molecule has 0 unspecified atom stereocenters. The van der Waals surface area contributed by atoms with Crippen LogP contribution in [0.15, 0.2) is 42.7 Å². The van der Waals surface area contributed by atoms with Gasteiger partial charge in [0, 0.05) is 50.0 Å². The van der Waals surface area contributed by atoms with E-state index in [-0.39, 0.29) is 30.7 Å². The molecule has 1 aliphatic heterocycles. The molecule has 0 amide bonds. The third-order valence-electron chi connectivity index (χ3n) is 11.2. The van der Waals surface area contributed by atoms with E-state index in [2.05, 4.69) is 70.7 Å². The van der Waals surface area contributed by atoms with Crippen molar-refractivity contribution in [1.29, 1.82) is 0 Å². The number of aliphatic hydroxyl groups excluding tert-OH is 1. The number of fused-ring (bicyclic) bond motifs is 1. The summed E-state index contributed by atoms with van der Waals surface area (Å²) in [5.41, 5.74) is 4.78. The smallest absolute Gasteiger partial charge is 0.306 e. The maximum absolute atomic E-state index is 11.6. The van der Waals surface area contributed by atoms with Crippen LogP contribution in [-0.2, 0) is 24.7 Å². The van der Waals surface area contributed by atoms with Gasteiger partial charge in [0.1, 0.15) is 5.82 Å². The monoisotopic (exact) mass is 643 g/mol. The number of carboxylic acids is 1. The van der Waals surface area contributed by atoms with Gasteiger partial charge in [0.05, 0.1) is 30.5 Å². The van der Waals surface area contributed by atoms with Crippen molar-refractivity contribution < 1.29 is 15.0 Å². The van der Waals surface area contributed by atoms with E-state index in [0.717, 1.165) is 107 Å². The number of aryl methyl sites for hydroxylation is 2. The number of aromatic nitrogens is 4. The summed E-state index contributed by atoms with van der Waals surface area (Å²) < 4.78 is 1.86. The summed E-state index contributed by atoms with van der Waals surface area (Å²) in [6.07, 6.45) is 14.4. The summed E-state index contributed by atoms with van der Waals surface area (Å²) in [5.74, 6) is 1.57. The Balaban J connectivity index is 1.34. The van der Waals surface area contributed by atoms with Crippen LogP contribution in [0.2, 0.25) is 0 Å². The molecule has 3 N–H and O–H groups in total. The normalized spacial score (nSPS) is 24.7.